The second kappa shape index (κ2) is 5.32. The van der Waals surface area contributed by atoms with E-state index in [0.29, 0.717) is 12.4 Å². The number of aromatic carboxylic acids is 1. The molecule has 2 aromatic carbocycles. The summed E-state index contributed by atoms with van der Waals surface area (Å²) in [5.74, 6) is -0.248. The van der Waals surface area contributed by atoms with Crippen LogP contribution >= 0.6 is 0 Å². The number of aromatic nitrogens is 1. The van der Waals surface area contributed by atoms with Crippen molar-refractivity contribution >= 4 is 16.9 Å². The molecule has 4 heteroatoms. The third-order valence-corrected chi connectivity index (χ3v) is 3.50. The minimum Gasteiger partial charge on any atom is -0.488 e. The minimum atomic E-state index is -0.942. The fourth-order valence-electron chi connectivity index (χ4n) is 2.40. The summed E-state index contributed by atoms with van der Waals surface area (Å²) in [4.78, 5) is 11.2. The van der Waals surface area contributed by atoms with Crippen LogP contribution in [-0.2, 0) is 13.7 Å². The first-order valence-electron chi connectivity index (χ1n) is 6.65. The lowest BCUT2D eigenvalue weighted by Gasteiger charge is -2.07. The van der Waals surface area contributed by atoms with Gasteiger partial charge in [0, 0.05) is 12.4 Å². The summed E-state index contributed by atoms with van der Waals surface area (Å²) in [5.41, 5.74) is 2.17. The minimum absolute atomic E-state index is 0.251. The Morgan fingerprint density at radius 3 is 2.62 bits per heavy atom. The molecule has 0 amide bonds. The Morgan fingerprint density at radius 2 is 1.90 bits per heavy atom. The number of aryl methyl sites for hydroxylation is 1. The van der Waals surface area contributed by atoms with Gasteiger partial charge in [-0.25, -0.2) is 4.79 Å². The summed E-state index contributed by atoms with van der Waals surface area (Å²) in [6.45, 7) is 0.456. The van der Waals surface area contributed by atoms with Crippen molar-refractivity contribution in [2.24, 2.45) is 7.05 Å². The summed E-state index contributed by atoms with van der Waals surface area (Å²) < 4.78 is 7.51. The van der Waals surface area contributed by atoms with E-state index in [1.54, 1.807) is 17.7 Å². The zero-order valence-electron chi connectivity index (χ0n) is 11.6. The monoisotopic (exact) mass is 281 g/mol. The zero-order valence-corrected chi connectivity index (χ0v) is 11.6. The van der Waals surface area contributed by atoms with Gasteiger partial charge in [-0.2, -0.15) is 0 Å². The van der Waals surface area contributed by atoms with Gasteiger partial charge in [0.25, 0.3) is 0 Å². The Kier molecular flexibility index (Phi) is 3.36. The lowest BCUT2D eigenvalue weighted by molar-refractivity contribution is 0.0687. The molecule has 3 aromatic rings. The van der Waals surface area contributed by atoms with Crippen LogP contribution in [0.3, 0.4) is 0 Å². The van der Waals surface area contributed by atoms with Gasteiger partial charge in [-0.15, -0.1) is 0 Å². The van der Waals surface area contributed by atoms with Crippen LogP contribution in [0.1, 0.15) is 16.1 Å². The molecule has 1 N–H and O–H groups in total. The lowest BCUT2D eigenvalue weighted by Crippen LogP contribution is -2.03. The van der Waals surface area contributed by atoms with Crippen molar-refractivity contribution in [3.05, 3.63) is 65.9 Å². The topological polar surface area (TPSA) is 51.5 Å². The predicted molar refractivity (Wildman–Crippen MR) is 80.7 cm³/mol. The molecule has 21 heavy (non-hydrogen) atoms. The van der Waals surface area contributed by atoms with Gasteiger partial charge < -0.3 is 14.4 Å². The number of rotatable bonds is 4. The average molecular weight is 281 g/mol. The Bertz CT molecular complexity index is 790. The van der Waals surface area contributed by atoms with Crippen LogP contribution in [0.5, 0.6) is 5.75 Å². The SMILES string of the molecule is Cn1c(C(=O)O)cc2c(OCc3ccccc3)cccc21. The predicted octanol–water partition coefficient (Wildman–Crippen LogP) is 3.46. The molecule has 0 bridgehead atoms. The molecule has 4 nitrogen and oxygen atoms in total. The number of fused-ring (bicyclic) bond motifs is 1. The van der Waals surface area contributed by atoms with Gasteiger partial charge in [0.2, 0.25) is 0 Å². The summed E-state index contributed by atoms with van der Waals surface area (Å²) in [6, 6.07) is 17.1. The van der Waals surface area contributed by atoms with Gasteiger partial charge >= 0.3 is 5.97 Å². The van der Waals surface area contributed by atoms with Gasteiger partial charge in [-0.3, -0.25) is 0 Å². The summed E-state index contributed by atoms with van der Waals surface area (Å²) in [6.07, 6.45) is 0. The Morgan fingerprint density at radius 1 is 1.14 bits per heavy atom. The van der Waals surface area contributed by atoms with Crippen molar-refractivity contribution in [3.8, 4) is 5.75 Å². The van der Waals surface area contributed by atoms with Crippen LogP contribution < -0.4 is 4.74 Å². The van der Waals surface area contributed by atoms with Crippen LogP contribution in [0, 0.1) is 0 Å². The van der Waals surface area contributed by atoms with E-state index in [1.807, 2.05) is 48.5 Å². The number of benzene rings is 2. The molecule has 0 aliphatic rings. The molecule has 0 aliphatic heterocycles. The molecule has 0 radical (unpaired) electrons. The van der Waals surface area contributed by atoms with E-state index < -0.39 is 5.97 Å². The third-order valence-electron chi connectivity index (χ3n) is 3.50. The second-order valence-electron chi connectivity index (χ2n) is 4.86. The first-order valence-corrected chi connectivity index (χ1v) is 6.65. The maximum absolute atomic E-state index is 11.2. The number of ether oxygens (including phenoxy) is 1. The van der Waals surface area contributed by atoms with E-state index in [0.717, 1.165) is 16.5 Å². The average Bonchev–Trinajstić information content (AvgIpc) is 2.84. The first-order chi connectivity index (χ1) is 10.2. The van der Waals surface area contributed by atoms with E-state index in [2.05, 4.69) is 0 Å². The number of carboxylic acids is 1. The largest absolute Gasteiger partial charge is 0.488 e. The Hall–Kier alpha value is -2.75. The van der Waals surface area contributed by atoms with E-state index in [9.17, 15) is 9.90 Å². The Labute approximate surface area is 122 Å². The molecule has 1 heterocycles. The molecular formula is C17H15NO3. The summed E-state index contributed by atoms with van der Waals surface area (Å²) >= 11 is 0. The van der Waals surface area contributed by atoms with Crippen molar-refractivity contribution in [1.29, 1.82) is 0 Å². The number of carboxylic acid groups (broad SMARTS) is 1. The van der Waals surface area contributed by atoms with Gasteiger partial charge in [-0.05, 0) is 23.8 Å². The molecule has 0 unspecified atom stereocenters. The summed E-state index contributed by atoms with van der Waals surface area (Å²) in [7, 11) is 1.74. The highest BCUT2D eigenvalue weighted by atomic mass is 16.5. The van der Waals surface area contributed by atoms with Gasteiger partial charge in [0.15, 0.2) is 0 Å². The smallest absolute Gasteiger partial charge is 0.352 e. The quantitative estimate of drug-likeness (QED) is 0.796. The first kappa shape index (κ1) is 13.2. The standard InChI is InChI=1S/C17H15NO3/c1-18-14-8-5-9-16(13(14)10-15(18)17(19)20)21-11-12-6-3-2-4-7-12/h2-10H,11H2,1H3,(H,19,20). The normalized spacial score (nSPS) is 10.7. The maximum atomic E-state index is 11.2. The number of hydrogen-bond donors (Lipinski definition) is 1. The molecule has 106 valence electrons. The van der Waals surface area contributed by atoms with Crippen LogP contribution in [0.2, 0.25) is 0 Å². The van der Waals surface area contributed by atoms with E-state index in [-0.39, 0.29) is 5.69 Å². The van der Waals surface area contributed by atoms with Gasteiger partial charge in [-0.1, -0.05) is 36.4 Å². The highest BCUT2D eigenvalue weighted by Crippen LogP contribution is 2.29. The third kappa shape index (κ3) is 2.48. The van der Waals surface area contributed by atoms with Crippen molar-refractivity contribution in [2.45, 2.75) is 6.61 Å². The van der Waals surface area contributed by atoms with Crippen LogP contribution in [0.15, 0.2) is 54.6 Å². The number of carbonyl (C=O) groups is 1. The van der Waals surface area contributed by atoms with Crippen molar-refractivity contribution < 1.29 is 14.6 Å². The van der Waals surface area contributed by atoms with Crippen LogP contribution in [-0.4, -0.2) is 15.6 Å². The Balaban J connectivity index is 1.95. The van der Waals surface area contributed by atoms with E-state index in [4.69, 9.17) is 4.74 Å². The van der Waals surface area contributed by atoms with Crippen molar-refractivity contribution in [3.63, 3.8) is 0 Å². The summed E-state index contributed by atoms with van der Waals surface area (Å²) in [5, 5.41) is 10.0. The fourth-order valence-corrected chi connectivity index (χ4v) is 2.40. The molecular weight excluding hydrogens is 266 g/mol. The molecule has 0 atom stereocenters. The van der Waals surface area contributed by atoms with Crippen molar-refractivity contribution in [2.75, 3.05) is 0 Å². The molecule has 3 rings (SSSR count). The molecule has 1 aromatic heterocycles. The van der Waals surface area contributed by atoms with Gasteiger partial charge in [0.1, 0.15) is 18.1 Å². The molecule has 0 aliphatic carbocycles. The number of nitrogens with zero attached hydrogens (tertiary/aromatic N) is 1. The maximum Gasteiger partial charge on any atom is 0.352 e. The van der Waals surface area contributed by atoms with Crippen molar-refractivity contribution in [1.82, 2.24) is 4.57 Å². The molecule has 0 saturated carbocycles. The lowest BCUT2D eigenvalue weighted by atomic mass is 10.2. The highest BCUT2D eigenvalue weighted by molar-refractivity contribution is 5.97. The number of hydrogen-bond acceptors (Lipinski definition) is 2. The van der Waals surface area contributed by atoms with Gasteiger partial charge in [0.05, 0.1) is 5.52 Å². The molecule has 0 spiro atoms. The van der Waals surface area contributed by atoms with Crippen LogP contribution in [0.4, 0.5) is 0 Å². The van der Waals surface area contributed by atoms with Crippen LogP contribution in [0.25, 0.3) is 10.9 Å². The zero-order chi connectivity index (χ0) is 14.8. The second-order valence-corrected chi connectivity index (χ2v) is 4.86. The highest BCUT2D eigenvalue weighted by Gasteiger charge is 2.14. The fraction of sp³-hybridized carbons (Fsp3) is 0.118. The molecule has 0 fully saturated rings. The van der Waals surface area contributed by atoms with E-state index >= 15 is 0 Å². The van der Waals surface area contributed by atoms with E-state index in [1.165, 1.54) is 0 Å². The molecule has 0 saturated heterocycles.